The van der Waals surface area contributed by atoms with Crippen LogP contribution in [0.3, 0.4) is 0 Å². The zero-order chi connectivity index (χ0) is 11.5. The topological polar surface area (TPSA) is 21.3 Å². The van der Waals surface area contributed by atoms with E-state index < -0.39 is 0 Å². The summed E-state index contributed by atoms with van der Waals surface area (Å²) in [6.07, 6.45) is 7.47. The molecular formula is C13H25NO. The molecule has 0 atom stereocenters. The van der Waals surface area contributed by atoms with E-state index in [-0.39, 0.29) is 11.1 Å². The maximum absolute atomic E-state index is 5.77. The average molecular weight is 211 g/mol. The standard InChI is InChI=1S/C13H25NO/c1-6-7-8-15-11-9-12(2,3)14-13(4,5)10-11/h7-8,11,14H,6,9-10H2,1-5H3. The molecule has 0 aromatic carbocycles. The minimum atomic E-state index is 0.173. The van der Waals surface area contributed by atoms with Crippen molar-refractivity contribution in [1.29, 1.82) is 0 Å². The zero-order valence-corrected chi connectivity index (χ0v) is 10.8. The minimum Gasteiger partial charge on any atom is -0.498 e. The van der Waals surface area contributed by atoms with Gasteiger partial charge in [0.25, 0.3) is 0 Å². The smallest absolute Gasteiger partial charge is 0.101 e. The molecule has 1 aliphatic heterocycles. The summed E-state index contributed by atoms with van der Waals surface area (Å²) in [5, 5.41) is 3.65. The van der Waals surface area contributed by atoms with E-state index in [2.05, 4.69) is 46.0 Å². The van der Waals surface area contributed by atoms with Gasteiger partial charge in [0.1, 0.15) is 6.10 Å². The van der Waals surface area contributed by atoms with E-state index in [1.807, 2.05) is 6.26 Å². The molecule has 88 valence electrons. The van der Waals surface area contributed by atoms with Gasteiger partial charge < -0.3 is 10.1 Å². The van der Waals surface area contributed by atoms with Crippen molar-refractivity contribution in [2.75, 3.05) is 0 Å². The first-order valence-corrected chi connectivity index (χ1v) is 5.94. The van der Waals surface area contributed by atoms with Crippen molar-refractivity contribution >= 4 is 0 Å². The molecule has 0 amide bonds. The monoisotopic (exact) mass is 211 g/mol. The Hall–Kier alpha value is -0.500. The van der Waals surface area contributed by atoms with Gasteiger partial charge in [-0.3, -0.25) is 0 Å². The van der Waals surface area contributed by atoms with E-state index in [0.717, 1.165) is 19.3 Å². The van der Waals surface area contributed by atoms with Crippen LogP contribution in [0.2, 0.25) is 0 Å². The molecule has 2 nitrogen and oxygen atoms in total. The first-order chi connectivity index (χ1) is 6.85. The summed E-state index contributed by atoms with van der Waals surface area (Å²) in [7, 11) is 0. The summed E-state index contributed by atoms with van der Waals surface area (Å²) in [6, 6.07) is 0. The highest BCUT2D eigenvalue weighted by molar-refractivity contribution is 4.98. The highest BCUT2D eigenvalue weighted by atomic mass is 16.5. The van der Waals surface area contributed by atoms with Gasteiger partial charge in [-0.05, 0) is 34.1 Å². The summed E-state index contributed by atoms with van der Waals surface area (Å²) in [5.74, 6) is 0. The van der Waals surface area contributed by atoms with Crippen LogP contribution in [-0.4, -0.2) is 17.2 Å². The molecule has 1 aliphatic rings. The quantitative estimate of drug-likeness (QED) is 0.724. The van der Waals surface area contributed by atoms with Crippen molar-refractivity contribution < 1.29 is 4.74 Å². The van der Waals surface area contributed by atoms with Gasteiger partial charge >= 0.3 is 0 Å². The van der Waals surface area contributed by atoms with Gasteiger partial charge in [0, 0.05) is 23.9 Å². The molecule has 0 aliphatic carbocycles. The molecule has 0 aromatic rings. The Morgan fingerprint density at radius 1 is 1.20 bits per heavy atom. The summed E-state index contributed by atoms with van der Waals surface area (Å²) in [4.78, 5) is 0. The van der Waals surface area contributed by atoms with Gasteiger partial charge in [0.05, 0.1) is 6.26 Å². The van der Waals surface area contributed by atoms with Crippen molar-refractivity contribution in [2.45, 2.75) is 71.1 Å². The molecule has 0 radical (unpaired) electrons. The fourth-order valence-corrected chi connectivity index (χ4v) is 2.59. The van der Waals surface area contributed by atoms with Crippen LogP contribution in [0.1, 0.15) is 53.9 Å². The molecule has 1 rings (SSSR count). The largest absolute Gasteiger partial charge is 0.498 e. The van der Waals surface area contributed by atoms with E-state index in [4.69, 9.17) is 4.74 Å². The summed E-state index contributed by atoms with van der Waals surface area (Å²) in [5.41, 5.74) is 0.346. The summed E-state index contributed by atoms with van der Waals surface area (Å²) < 4.78 is 5.77. The normalized spacial score (nSPS) is 25.7. The predicted octanol–water partition coefficient (Wildman–Crippen LogP) is 3.24. The summed E-state index contributed by atoms with van der Waals surface area (Å²) >= 11 is 0. The van der Waals surface area contributed by atoms with Crippen LogP contribution >= 0.6 is 0 Å². The van der Waals surface area contributed by atoms with Crippen molar-refractivity contribution in [1.82, 2.24) is 5.32 Å². The van der Waals surface area contributed by atoms with Crippen LogP contribution in [-0.2, 0) is 4.74 Å². The molecule has 0 saturated carbocycles. The highest BCUT2D eigenvalue weighted by Gasteiger charge is 2.38. The van der Waals surface area contributed by atoms with Gasteiger partial charge in [0.15, 0.2) is 0 Å². The molecule has 1 N–H and O–H groups in total. The van der Waals surface area contributed by atoms with Crippen molar-refractivity contribution in [3.05, 3.63) is 12.3 Å². The van der Waals surface area contributed by atoms with Crippen molar-refractivity contribution in [3.63, 3.8) is 0 Å². The third-order valence-corrected chi connectivity index (χ3v) is 2.76. The first kappa shape index (κ1) is 12.6. The Morgan fingerprint density at radius 2 is 1.73 bits per heavy atom. The van der Waals surface area contributed by atoms with Crippen LogP contribution in [0.15, 0.2) is 12.3 Å². The molecule has 2 heteroatoms. The molecule has 0 aromatic heterocycles. The highest BCUT2D eigenvalue weighted by Crippen LogP contribution is 2.30. The molecule has 0 bridgehead atoms. The second kappa shape index (κ2) is 4.56. The number of nitrogens with one attached hydrogen (secondary N) is 1. The Kier molecular flexibility index (Phi) is 3.82. The molecule has 1 fully saturated rings. The number of piperidine rings is 1. The molecule has 0 unspecified atom stereocenters. The second-order valence-corrected chi connectivity index (χ2v) is 5.84. The SMILES string of the molecule is CCC=COC1CC(C)(C)NC(C)(C)C1. The third kappa shape index (κ3) is 4.25. The second-order valence-electron chi connectivity index (χ2n) is 5.84. The van der Waals surface area contributed by atoms with Crippen LogP contribution in [0.5, 0.6) is 0 Å². The van der Waals surface area contributed by atoms with Crippen LogP contribution in [0, 0.1) is 0 Å². The number of hydrogen-bond acceptors (Lipinski definition) is 2. The number of rotatable bonds is 3. The lowest BCUT2D eigenvalue weighted by atomic mass is 9.81. The van der Waals surface area contributed by atoms with E-state index in [1.54, 1.807) is 0 Å². The van der Waals surface area contributed by atoms with E-state index in [0.29, 0.717) is 6.10 Å². The van der Waals surface area contributed by atoms with Gasteiger partial charge in [-0.1, -0.05) is 13.0 Å². The van der Waals surface area contributed by atoms with Gasteiger partial charge in [-0.15, -0.1) is 0 Å². The number of allylic oxidation sites excluding steroid dienone is 1. The van der Waals surface area contributed by atoms with Gasteiger partial charge in [0.2, 0.25) is 0 Å². The molecule has 1 saturated heterocycles. The molecule has 15 heavy (non-hydrogen) atoms. The van der Waals surface area contributed by atoms with Crippen LogP contribution in [0.25, 0.3) is 0 Å². The fraction of sp³-hybridized carbons (Fsp3) is 0.846. The fourth-order valence-electron chi connectivity index (χ4n) is 2.59. The lowest BCUT2D eigenvalue weighted by molar-refractivity contribution is 0.0274. The number of ether oxygens (including phenoxy) is 1. The Bertz CT molecular complexity index is 215. The predicted molar refractivity (Wildman–Crippen MR) is 64.8 cm³/mol. The first-order valence-electron chi connectivity index (χ1n) is 5.94. The lowest BCUT2D eigenvalue weighted by Gasteiger charge is -2.45. The van der Waals surface area contributed by atoms with E-state index in [9.17, 15) is 0 Å². The van der Waals surface area contributed by atoms with E-state index >= 15 is 0 Å². The number of hydrogen-bond donors (Lipinski definition) is 1. The van der Waals surface area contributed by atoms with Crippen LogP contribution in [0.4, 0.5) is 0 Å². The van der Waals surface area contributed by atoms with Gasteiger partial charge in [-0.2, -0.15) is 0 Å². The minimum absolute atomic E-state index is 0.173. The zero-order valence-electron chi connectivity index (χ0n) is 10.8. The molecular weight excluding hydrogens is 186 g/mol. The third-order valence-electron chi connectivity index (χ3n) is 2.76. The van der Waals surface area contributed by atoms with Crippen LogP contribution < -0.4 is 5.32 Å². The lowest BCUT2D eigenvalue weighted by Crippen LogP contribution is -2.59. The Morgan fingerprint density at radius 3 is 2.20 bits per heavy atom. The van der Waals surface area contributed by atoms with Crippen molar-refractivity contribution in [3.8, 4) is 0 Å². The van der Waals surface area contributed by atoms with Gasteiger partial charge in [-0.25, -0.2) is 0 Å². The maximum atomic E-state index is 5.77. The Labute approximate surface area is 94.1 Å². The maximum Gasteiger partial charge on any atom is 0.101 e. The molecule has 1 heterocycles. The van der Waals surface area contributed by atoms with Crippen molar-refractivity contribution in [2.24, 2.45) is 0 Å². The summed E-state index contributed by atoms with van der Waals surface area (Å²) in [6.45, 7) is 11.1. The molecule has 0 spiro atoms. The Balaban J connectivity index is 2.55. The average Bonchev–Trinajstić information content (AvgIpc) is 1.98. The van der Waals surface area contributed by atoms with E-state index in [1.165, 1.54) is 0 Å².